The van der Waals surface area contributed by atoms with Gasteiger partial charge < -0.3 is 9.84 Å². The molecular weight excluding hydrogens is 216 g/mol. The van der Waals surface area contributed by atoms with Crippen LogP contribution in [-0.2, 0) is 11.2 Å². The zero-order chi connectivity index (χ0) is 12.5. The van der Waals surface area contributed by atoms with E-state index >= 15 is 0 Å². The Bertz CT molecular complexity index is 366. The molecular formula is C14H18O3. The summed E-state index contributed by atoms with van der Waals surface area (Å²) in [6.45, 7) is 2.45. The van der Waals surface area contributed by atoms with Crippen molar-refractivity contribution in [1.82, 2.24) is 0 Å². The second-order valence-corrected chi connectivity index (χ2v) is 3.80. The highest BCUT2D eigenvalue weighted by molar-refractivity contribution is 5.79. The van der Waals surface area contributed by atoms with E-state index in [1.54, 1.807) is 0 Å². The molecule has 3 heteroatoms. The maximum atomic E-state index is 10.2. The predicted octanol–water partition coefficient (Wildman–Crippen LogP) is 3.05. The van der Waals surface area contributed by atoms with Crippen molar-refractivity contribution >= 4 is 5.97 Å². The SMILES string of the molecule is CCCCc1ccc(OC/C=C/C(=O)O)cc1. The van der Waals surface area contributed by atoms with E-state index < -0.39 is 5.97 Å². The molecule has 0 aliphatic rings. The summed E-state index contributed by atoms with van der Waals surface area (Å²) in [5.41, 5.74) is 1.31. The molecule has 3 nitrogen and oxygen atoms in total. The van der Waals surface area contributed by atoms with Gasteiger partial charge in [0.25, 0.3) is 0 Å². The van der Waals surface area contributed by atoms with Crippen molar-refractivity contribution in [2.45, 2.75) is 26.2 Å². The quantitative estimate of drug-likeness (QED) is 0.737. The number of carboxylic acid groups (broad SMARTS) is 1. The molecule has 0 aliphatic carbocycles. The standard InChI is InChI=1S/C14H18O3/c1-2-3-5-12-7-9-13(10-8-12)17-11-4-6-14(15)16/h4,6-10H,2-3,5,11H2,1H3,(H,15,16)/b6-4+. The minimum Gasteiger partial charge on any atom is -0.490 e. The number of hydrogen-bond donors (Lipinski definition) is 1. The number of rotatable bonds is 7. The Labute approximate surface area is 102 Å². The first-order valence-corrected chi connectivity index (χ1v) is 5.83. The third-order valence-electron chi connectivity index (χ3n) is 2.35. The Morgan fingerprint density at radius 1 is 1.35 bits per heavy atom. The molecule has 1 aromatic rings. The van der Waals surface area contributed by atoms with E-state index in [1.165, 1.54) is 24.5 Å². The Morgan fingerprint density at radius 2 is 2.06 bits per heavy atom. The summed E-state index contributed by atoms with van der Waals surface area (Å²) in [4.78, 5) is 10.2. The molecule has 0 atom stereocenters. The average molecular weight is 234 g/mol. The molecule has 0 saturated heterocycles. The Morgan fingerprint density at radius 3 is 2.65 bits per heavy atom. The fourth-order valence-electron chi connectivity index (χ4n) is 1.43. The number of hydrogen-bond acceptors (Lipinski definition) is 2. The number of aryl methyl sites for hydroxylation is 1. The largest absolute Gasteiger partial charge is 0.490 e. The van der Waals surface area contributed by atoms with E-state index in [9.17, 15) is 4.79 Å². The summed E-state index contributed by atoms with van der Waals surface area (Å²) in [6, 6.07) is 7.93. The molecule has 0 aromatic heterocycles. The summed E-state index contributed by atoms with van der Waals surface area (Å²) >= 11 is 0. The van der Waals surface area contributed by atoms with E-state index in [1.807, 2.05) is 24.3 Å². The Hall–Kier alpha value is -1.77. The lowest BCUT2D eigenvalue weighted by atomic mass is 10.1. The second kappa shape index (κ2) is 7.49. The van der Waals surface area contributed by atoms with Crippen LogP contribution in [0.15, 0.2) is 36.4 Å². The van der Waals surface area contributed by atoms with Gasteiger partial charge in [0.2, 0.25) is 0 Å². The van der Waals surface area contributed by atoms with Gasteiger partial charge in [0, 0.05) is 6.08 Å². The van der Waals surface area contributed by atoms with Crippen molar-refractivity contribution < 1.29 is 14.6 Å². The van der Waals surface area contributed by atoms with Gasteiger partial charge >= 0.3 is 5.97 Å². The fourth-order valence-corrected chi connectivity index (χ4v) is 1.43. The van der Waals surface area contributed by atoms with Crippen LogP contribution in [0.5, 0.6) is 5.75 Å². The maximum Gasteiger partial charge on any atom is 0.328 e. The molecule has 1 aromatic carbocycles. The molecule has 17 heavy (non-hydrogen) atoms. The lowest BCUT2D eigenvalue weighted by Gasteiger charge is -2.04. The molecule has 0 saturated carbocycles. The zero-order valence-electron chi connectivity index (χ0n) is 10.1. The lowest BCUT2D eigenvalue weighted by Crippen LogP contribution is -1.95. The number of unbranched alkanes of at least 4 members (excludes halogenated alkanes) is 1. The molecule has 1 N–H and O–H groups in total. The molecule has 0 fully saturated rings. The van der Waals surface area contributed by atoms with Gasteiger partial charge in [0.05, 0.1) is 0 Å². The fraction of sp³-hybridized carbons (Fsp3) is 0.357. The molecule has 0 radical (unpaired) electrons. The Balaban J connectivity index is 2.37. The van der Waals surface area contributed by atoms with Crippen LogP contribution in [0.25, 0.3) is 0 Å². The molecule has 0 unspecified atom stereocenters. The monoisotopic (exact) mass is 234 g/mol. The zero-order valence-corrected chi connectivity index (χ0v) is 10.1. The molecule has 0 amide bonds. The van der Waals surface area contributed by atoms with Gasteiger partial charge in [-0.2, -0.15) is 0 Å². The van der Waals surface area contributed by atoms with Gasteiger partial charge in [0.1, 0.15) is 12.4 Å². The van der Waals surface area contributed by atoms with Crippen LogP contribution in [-0.4, -0.2) is 17.7 Å². The number of aliphatic carboxylic acids is 1. The predicted molar refractivity (Wildman–Crippen MR) is 67.3 cm³/mol. The third-order valence-corrected chi connectivity index (χ3v) is 2.35. The van der Waals surface area contributed by atoms with E-state index in [0.29, 0.717) is 0 Å². The number of benzene rings is 1. The maximum absolute atomic E-state index is 10.2. The first-order chi connectivity index (χ1) is 8.22. The minimum atomic E-state index is -0.955. The molecule has 1 rings (SSSR count). The van der Waals surface area contributed by atoms with E-state index in [4.69, 9.17) is 9.84 Å². The third kappa shape index (κ3) is 5.76. The number of ether oxygens (including phenoxy) is 1. The van der Waals surface area contributed by atoms with Gasteiger partial charge in [-0.15, -0.1) is 0 Å². The Kier molecular flexibility index (Phi) is 5.86. The van der Waals surface area contributed by atoms with E-state index in [-0.39, 0.29) is 6.61 Å². The van der Waals surface area contributed by atoms with Crippen molar-refractivity contribution in [1.29, 1.82) is 0 Å². The number of carbonyl (C=O) groups is 1. The summed E-state index contributed by atoms with van der Waals surface area (Å²) in [5.74, 6) is -0.191. The topological polar surface area (TPSA) is 46.5 Å². The van der Waals surface area contributed by atoms with Crippen LogP contribution in [0, 0.1) is 0 Å². The van der Waals surface area contributed by atoms with Crippen LogP contribution in [0.1, 0.15) is 25.3 Å². The molecule has 0 bridgehead atoms. The van der Waals surface area contributed by atoms with Gasteiger partial charge in [-0.05, 0) is 36.6 Å². The van der Waals surface area contributed by atoms with Gasteiger partial charge in [-0.25, -0.2) is 4.79 Å². The molecule has 0 heterocycles. The summed E-state index contributed by atoms with van der Waals surface area (Å²) in [7, 11) is 0. The van der Waals surface area contributed by atoms with Gasteiger partial charge in [-0.1, -0.05) is 25.5 Å². The first-order valence-electron chi connectivity index (χ1n) is 5.83. The molecule has 92 valence electrons. The van der Waals surface area contributed by atoms with Crippen molar-refractivity contribution in [2.24, 2.45) is 0 Å². The summed E-state index contributed by atoms with van der Waals surface area (Å²) in [6.07, 6.45) is 6.04. The molecule has 0 spiro atoms. The van der Waals surface area contributed by atoms with Crippen LogP contribution in [0.2, 0.25) is 0 Å². The smallest absolute Gasteiger partial charge is 0.328 e. The van der Waals surface area contributed by atoms with Gasteiger partial charge in [-0.3, -0.25) is 0 Å². The van der Waals surface area contributed by atoms with Crippen molar-refractivity contribution in [3.05, 3.63) is 42.0 Å². The van der Waals surface area contributed by atoms with E-state index in [2.05, 4.69) is 6.92 Å². The van der Waals surface area contributed by atoms with Crippen LogP contribution in [0.4, 0.5) is 0 Å². The summed E-state index contributed by atoms with van der Waals surface area (Å²) < 4.78 is 5.37. The average Bonchev–Trinajstić information content (AvgIpc) is 2.33. The van der Waals surface area contributed by atoms with Crippen molar-refractivity contribution in [3.63, 3.8) is 0 Å². The highest BCUT2D eigenvalue weighted by atomic mass is 16.5. The highest BCUT2D eigenvalue weighted by Crippen LogP contribution is 2.13. The normalized spacial score (nSPS) is 10.6. The van der Waals surface area contributed by atoms with Crippen molar-refractivity contribution in [3.8, 4) is 5.75 Å². The van der Waals surface area contributed by atoms with Crippen LogP contribution < -0.4 is 4.74 Å². The van der Waals surface area contributed by atoms with Crippen LogP contribution in [0.3, 0.4) is 0 Å². The van der Waals surface area contributed by atoms with E-state index in [0.717, 1.165) is 18.2 Å². The first kappa shape index (κ1) is 13.3. The molecule has 0 aliphatic heterocycles. The van der Waals surface area contributed by atoms with Crippen LogP contribution >= 0.6 is 0 Å². The summed E-state index contributed by atoms with van der Waals surface area (Å²) in [5, 5.41) is 8.39. The highest BCUT2D eigenvalue weighted by Gasteiger charge is 1.95. The second-order valence-electron chi connectivity index (χ2n) is 3.80. The van der Waals surface area contributed by atoms with Gasteiger partial charge in [0.15, 0.2) is 0 Å². The lowest BCUT2D eigenvalue weighted by molar-refractivity contribution is -0.131. The minimum absolute atomic E-state index is 0.278. The van der Waals surface area contributed by atoms with Crippen molar-refractivity contribution in [2.75, 3.05) is 6.61 Å². The number of carboxylic acids is 1.